The van der Waals surface area contributed by atoms with Crippen molar-refractivity contribution in [1.29, 1.82) is 0 Å². The van der Waals surface area contributed by atoms with Gasteiger partial charge in [0.2, 0.25) is 17.7 Å². The van der Waals surface area contributed by atoms with E-state index in [9.17, 15) is 33.6 Å². The van der Waals surface area contributed by atoms with Crippen LogP contribution < -0.4 is 21.3 Å². The van der Waals surface area contributed by atoms with Gasteiger partial charge in [-0.3, -0.25) is 19.2 Å². The number of carbonyl (C=O) groups is 7. The van der Waals surface area contributed by atoms with Crippen LogP contribution in [0, 0.1) is 0 Å². The Hall–Kier alpha value is -3.56. The van der Waals surface area contributed by atoms with Crippen LogP contribution in [0.2, 0.25) is 0 Å². The van der Waals surface area contributed by atoms with Crippen molar-refractivity contribution in [2.45, 2.75) is 141 Å². The Morgan fingerprint density at radius 2 is 1.10 bits per heavy atom. The van der Waals surface area contributed by atoms with Gasteiger partial charge < -0.3 is 40.2 Å². The third-order valence-electron chi connectivity index (χ3n) is 7.52. The standard InChI is InChI=1S/C35H62N4O11S/c1-8-9-10-11-12-13-14-15-16-17-18-19-28(40)37-25(32(44)48-6)20-21-29(41)38-26(31(43)36-22-30(42)47-5)23-51-24-27(33(45)49-7)39-34(46)50-35(2,3)4/h25-27H,8-24H2,1-7H3,(H,36,43)(H,37,40)(H,38,41)(H,39,46)/t25-,26-,27+/m1/s1. The predicted molar refractivity (Wildman–Crippen MR) is 194 cm³/mol. The molecule has 0 aromatic carbocycles. The molecule has 15 nitrogen and oxygen atoms in total. The van der Waals surface area contributed by atoms with Crippen LogP contribution in [0.4, 0.5) is 4.79 Å². The van der Waals surface area contributed by atoms with Crippen molar-refractivity contribution >= 4 is 53.5 Å². The maximum atomic E-state index is 13.0. The lowest BCUT2D eigenvalue weighted by atomic mass is 10.0. The number of ether oxygens (including phenoxy) is 4. The maximum Gasteiger partial charge on any atom is 0.408 e. The highest BCUT2D eigenvalue weighted by Gasteiger charge is 2.28. The normalized spacial score (nSPS) is 12.8. The molecule has 0 spiro atoms. The lowest BCUT2D eigenvalue weighted by Crippen LogP contribution is -2.50. The lowest BCUT2D eigenvalue weighted by molar-refractivity contribution is -0.145. The van der Waals surface area contributed by atoms with Crippen molar-refractivity contribution in [2.75, 3.05) is 39.4 Å². The Balaban J connectivity index is 5.10. The minimum absolute atomic E-state index is 0.0435. The van der Waals surface area contributed by atoms with E-state index in [0.717, 1.165) is 45.2 Å². The second-order valence-corrected chi connectivity index (χ2v) is 14.2. The molecule has 4 amide bonds. The summed E-state index contributed by atoms with van der Waals surface area (Å²) in [6, 6.07) is -3.38. The van der Waals surface area contributed by atoms with E-state index in [4.69, 9.17) is 14.2 Å². The highest BCUT2D eigenvalue weighted by atomic mass is 32.2. The van der Waals surface area contributed by atoms with Gasteiger partial charge in [0, 0.05) is 24.3 Å². The first-order valence-corrected chi connectivity index (χ1v) is 19.0. The quantitative estimate of drug-likeness (QED) is 0.0540. The molecular weight excluding hydrogens is 684 g/mol. The van der Waals surface area contributed by atoms with Crippen LogP contribution in [0.3, 0.4) is 0 Å². The van der Waals surface area contributed by atoms with Gasteiger partial charge in [0.1, 0.15) is 30.3 Å². The van der Waals surface area contributed by atoms with Gasteiger partial charge in [-0.1, -0.05) is 71.1 Å². The summed E-state index contributed by atoms with van der Waals surface area (Å²) in [5.41, 5.74) is -0.812. The number of methoxy groups -OCH3 is 3. The van der Waals surface area contributed by atoms with E-state index in [2.05, 4.69) is 32.9 Å². The van der Waals surface area contributed by atoms with E-state index in [1.165, 1.54) is 52.1 Å². The van der Waals surface area contributed by atoms with Gasteiger partial charge in [0.05, 0.1) is 21.3 Å². The van der Waals surface area contributed by atoms with Crippen LogP contribution in [0.25, 0.3) is 0 Å². The van der Waals surface area contributed by atoms with E-state index in [-0.39, 0.29) is 36.7 Å². The van der Waals surface area contributed by atoms with Crippen molar-refractivity contribution in [3.05, 3.63) is 0 Å². The summed E-state index contributed by atoms with van der Waals surface area (Å²) in [4.78, 5) is 87.0. The summed E-state index contributed by atoms with van der Waals surface area (Å²) < 4.78 is 19.3. The fourth-order valence-electron chi connectivity index (χ4n) is 4.75. The molecule has 0 aromatic heterocycles. The van der Waals surface area contributed by atoms with Gasteiger partial charge in [0.25, 0.3) is 0 Å². The monoisotopic (exact) mass is 746 g/mol. The number of thioether (sulfide) groups is 1. The van der Waals surface area contributed by atoms with E-state index in [1.807, 2.05) is 0 Å². The highest BCUT2D eigenvalue weighted by molar-refractivity contribution is 7.99. The molecule has 0 aromatic rings. The van der Waals surface area contributed by atoms with Gasteiger partial charge in [0.15, 0.2) is 0 Å². The zero-order valence-electron chi connectivity index (χ0n) is 31.7. The van der Waals surface area contributed by atoms with Crippen LogP contribution in [-0.2, 0) is 47.7 Å². The van der Waals surface area contributed by atoms with Crippen molar-refractivity contribution < 1.29 is 52.5 Å². The number of nitrogens with one attached hydrogen (secondary N) is 4. The van der Waals surface area contributed by atoms with Crippen LogP contribution in [0.1, 0.15) is 118 Å². The molecule has 51 heavy (non-hydrogen) atoms. The van der Waals surface area contributed by atoms with Crippen molar-refractivity contribution in [1.82, 2.24) is 21.3 Å². The van der Waals surface area contributed by atoms with Crippen molar-refractivity contribution in [2.24, 2.45) is 0 Å². The molecule has 3 atom stereocenters. The fourth-order valence-corrected chi connectivity index (χ4v) is 5.81. The topological polar surface area (TPSA) is 205 Å². The Kier molecular flexibility index (Phi) is 26.1. The van der Waals surface area contributed by atoms with Gasteiger partial charge in [-0.25, -0.2) is 14.4 Å². The number of esters is 3. The van der Waals surface area contributed by atoms with Crippen molar-refractivity contribution in [3.63, 3.8) is 0 Å². The highest BCUT2D eigenvalue weighted by Crippen LogP contribution is 2.13. The first-order chi connectivity index (χ1) is 24.2. The number of unbranched alkanes of at least 4 members (excludes halogenated alkanes) is 10. The molecule has 16 heteroatoms. The molecule has 0 aliphatic carbocycles. The van der Waals surface area contributed by atoms with Gasteiger partial charge in [-0.05, 0) is 33.6 Å². The van der Waals surface area contributed by atoms with Crippen molar-refractivity contribution in [3.8, 4) is 0 Å². The Morgan fingerprint density at radius 3 is 1.63 bits per heavy atom. The molecule has 0 bridgehead atoms. The molecule has 0 unspecified atom stereocenters. The molecule has 0 fully saturated rings. The second-order valence-electron chi connectivity index (χ2n) is 13.1. The number of hydrogen-bond acceptors (Lipinski definition) is 12. The largest absolute Gasteiger partial charge is 0.468 e. The van der Waals surface area contributed by atoms with Crippen LogP contribution >= 0.6 is 11.8 Å². The molecule has 0 heterocycles. The average Bonchev–Trinajstić information content (AvgIpc) is 3.08. The lowest BCUT2D eigenvalue weighted by Gasteiger charge is -2.23. The average molecular weight is 747 g/mol. The summed E-state index contributed by atoms with van der Waals surface area (Å²) >= 11 is 1.05. The third kappa shape index (κ3) is 25.1. The minimum Gasteiger partial charge on any atom is -0.468 e. The summed E-state index contributed by atoms with van der Waals surface area (Å²) in [6.07, 6.45) is 11.7. The number of hydrogen-bond donors (Lipinski definition) is 4. The predicted octanol–water partition coefficient (Wildman–Crippen LogP) is 3.70. The molecule has 0 saturated heterocycles. The van der Waals surface area contributed by atoms with E-state index in [0.29, 0.717) is 6.42 Å². The number of amides is 4. The Morgan fingerprint density at radius 1 is 0.608 bits per heavy atom. The molecule has 0 rings (SSSR count). The summed E-state index contributed by atoms with van der Waals surface area (Å²) in [5, 5.41) is 10.0. The Labute approximate surface area is 307 Å². The molecule has 0 radical (unpaired) electrons. The van der Waals surface area contributed by atoms with Crippen LogP contribution in [0.5, 0.6) is 0 Å². The molecule has 0 aliphatic rings. The zero-order chi connectivity index (χ0) is 38.7. The summed E-state index contributed by atoms with van der Waals surface area (Å²) in [6.45, 7) is 6.74. The molecule has 4 N–H and O–H groups in total. The Bertz CT molecular complexity index is 1080. The van der Waals surface area contributed by atoms with E-state index < -0.39 is 66.1 Å². The first-order valence-electron chi connectivity index (χ1n) is 17.8. The smallest absolute Gasteiger partial charge is 0.408 e. The maximum absolute atomic E-state index is 13.0. The summed E-state index contributed by atoms with van der Waals surface area (Å²) in [7, 11) is 3.50. The summed E-state index contributed by atoms with van der Waals surface area (Å²) in [5.74, 6) is -3.92. The van der Waals surface area contributed by atoms with E-state index in [1.54, 1.807) is 20.8 Å². The third-order valence-corrected chi connectivity index (χ3v) is 8.66. The van der Waals surface area contributed by atoms with E-state index >= 15 is 0 Å². The second kappa shape index (κ2) is 28.1. The molecule has 0 aliphatic heterocycles. The number of carbonyl (C=O) groups excluding carboxylic acids is 7. The molecule has 0 saturated carbocycles. The number of rotatable bonds is 27. The van der Waals surface area contributed by atoms with Crippen LogP contribution in [0.15, 0.2) is 0 Å². The van der Waals surface area contributed by atoms with Gasteiger partial charge in [-0.2, -0.15) is 11.8 Å². The minimum atomic E-state index is -1.18. The molecule has 294 valence electrons. The van der Waals surface area contributed by atoms with Crippen LogP contribution in [-0.4, -0.2) is 105 Å². The number of alkyl carbamates (subject to hydrolysis) is 1. The molecular formula is C35H62N4O11S. The van der Waals surface area contributed by atoms with Gasteiger partial charge >= 0.3 is 24.0 Å². The van der Waals surface area contributed by atoms with Gasteiger partial charge in [-0.15, -0.1) is 0 Å². The zero-order valence-corrected chi connectivity index (χ0v) is 32.5. The first kappa shape index (κ1) is 47.4. The SMILES string of the molecule is CCCCCCCCCCCCCC(=O)N[C@H](CCC(=O)N[C@H](CSC[C@H](NC(=O)OC(C)(C)C)C(=O)OC)C(=O)NCC(=O)OC)C(=O)OC. The fraction of sp³-hybridized carbons (Fsp3) is 0.800.